The van der Waals surface area contributed by atoms with Crippen molar-refractivity contribution in [1.82, 2.24) is 15.5 Å². The average Bonchev–Trinajstić information content (AvgIpc) is 3.33. The summed E-state index contributed by atoms with van der Waals surface area (Å²) in [6.07, 6.45) is 2.52. The van der Waals surface area contributed by atoms with Crippen molar-refractivity contribution in [2.45, 2.75) is 72.4 Å². The van der Waals surface area contributed by atoms with Crippen molar-refractivity contribution in [3.8, 4) is 0 Å². The summed E-state index contributed by atoms with van der Waals surface area (Å²) in [5.74, 6) is 1.14. The number of aliphatic hydroxyl groups is 1. The maximum Gasteiger partial charge on any atom is 0.407 e. The lowest BCUT2D eigenvalue weighted by Crippen LogP contribution is -2.45. The van der Waals surface area contributed by atoms with Crippen LogP contribution in [-0.2, 0) is 4.74 Å². The molecular weight excluding hydrogens is 344 g/mol. The molecule has 0 aromatic heterocycles. The molecule has 158 valence electrons. The van der Waals surface area contributed by atoms with Crippen LogP contribution in [0.3, 0.4) is 0 Å². The SMILES string of the molecule is CCNC(=NCC1(CO)CC1)N(C)CCC(NC(=O)OC(C)(C)C)C(C)C. The highest BCUT2D eigenvalue weighted by Gasteiger charge is 2.41. The van der Waals surface area contributed by atoms with Crippen LogP contribution >= 0.6 is 0 Å². The van der Waals surface area contributed by atoms with Gasteiger partial charge in [0.2, 0.25) is 0 Å². The number of nitrogens with zero attached hydrogens (tertiary/aromatic N) is 2. The number of carbonyl (C=O) groups is 1. The van der Waals surface area contributed by atoms with Crippen LogP contribution in [0.15, 0.2) is 4.99 Å². The summed E-state index contributed by atoms with van der Waals surface area (Å²) in [5, 5.41) is 15.8. The quantitative estimate of drug-likeness (QED) is 0.420. The molecule has 0 saturated heterocycles. The molecule has 0 aromatic rings. The van der Waals surface area contributed by atoms with E-state index < -0.39 is 5.60 Å². The number of hydrogen-bond donors (Lipinski definition) is 3. The minimum Gasteiger partial charge on any atom is -0.444 e. The molecule has 7 heteroatoms. The number of nitrogens with one attached hydrogen (secondary N) is 2. The summed E-state index contributed by atoms with van der Waals surface area (Å²) in [4.78, 5) is 18.9. The zero-order chi connectivity index (χ0) is 20.7. The molecule has 1 aliphatic rings. The van der Waals surface area contributed by atoms with Gasteiger partial charge in [0.15, 0.2) is 5.96 Å². The van der Waals surface area contributed by atoms with Gasteiger partial charge in [-0.05, 0) is 52.9 Å². The predicted molar refractivity (Wildman–Crippen MR) is 110 cm³/mol. The van der Waals surface area contributed by atoms with Crippen molar-refractivity contribution in [2.24, 2.45) is 16.3 Å². The van der Waals surface area contributed by atoms with Gasteiger partial charge in [-0.3, -0.25) is 4.99 Å². The molecular formula is C20H40N4O3. The Morgan fingerprint density at radius 2 is 1.96 bits per heavy atom. The summed E-state index contributed by atoms with van der Waals surface area (Å²) in [7, 11) is 2.00. The molecule has 27 heavy (non-hydrogen) atoms. The molecule has 0 bridgehead atoms. The van der Waals surface area contributed by atoms with Crippen LogP contribution in [0.25, 0.3) is 0 Å². The van der Waals surface area contributed by atoms with Gasteiger partial charge in [0.1, 0.15) is 5.60 Å². The van der Waals surface area contributed by atoms with E-state index in [1.54, 1.807) is 0 Å². The van der Waals surface area contributed by atoms with Crippen molar-refractivity contribution < 1.29 is 14.6 Å². The molecule has 1 unspecified atom stereocenters. The highest BCUT2D eigenvalue weighted by atomic mass is 16.6. The van der Waals surface area contributed by atoms with E-state index in [4.69, 9.17) is 9.73 Å². The number of guanidine groups is 1. The normalized spacial score (nSPS) is 17.4. The van der Waals surface area contributed by atoms with Gasteiger partial charge < -0.3 is 25.4 Å². The highest BCUT2D eigenvalue weighted by Crippen LogP contribution is 2.45. The Labute approximate surface area is 164 Å². The van der Waals surface area contributed by atoms with Crippen LogP contribution in [-0.4, -0.2) is 67.0 Å². The van der Waals surface area contributed by atoms with Crippen molar-refractivity contribution in [3.05, 3.63) is 0 Å². The maximum absolute atomic E-state index is 12.1. The minimum absolute atomic E-state index is 0.000247. The van der Waals surface area contributed by atoms with Crippen LogP contribution in [0.4, 0.5) is 4.79 Å². The molecule has 0 spiro atoms. The molecule has 1 aliphatic carbocycles. The predicted octanol–water partition coefficient (Wildman–Crippen LogP) is 2.60. The largest absolute Gasteiger partial charge is 0.444 e. The molecule has 0 aliphatic heterocycles. The number of amides is 1. The van der Waals surface area contributed by atoms with Gasteiger partial charge in [-0.15, -0.1) is 0 Å². The van der Waals surface area contributed by atoms with Crippen LogP contribution in [0.2, 0.25) is 0 Å². The Balaban J connectivity index is 2.60. The van der Waals surface area contributed by atoms with Crippen molar-refractivity contribution in [2.75, 3.05) is 33.3 Å². The lowest BCUT2D eigenvalue weighted by Gasteiger charge is -2.28. The van der Waals surface area contributed by atoms with E-state index in [1.807, 2.05) is 34.7 Å². The van der Waals surface area contributed by atoms with Crippen LogP contribution in [0.1, 0.15) is 60.8 Å². The monoisotopic (exact) mass is 384 g/mol. The van der Waals surface area contributed by atoms with Crippen molar-refractivity contribution in [1.29, 1.82) is 0 Å². The number of aliphatic hydroxyl groups excluding tert-OH is 1. The third-order valence-electron chi connectivity index (χ3n) is 4.84. The van der Waals surface area contributed by atoms with E-state index in [-0.39, 0.29) is 24.2 Å². The summed E-state index contributed by atoms with van der Waals surface area (Å²) in [6.45, 7) is 14.2. The molecule has 3 N–H and O–H groups in total. The minimum atomic E-state index is -0.501. The highest BCUT2D eigenvalue weighted by molar-refractivity contribution is 5.79. The molecule has 7 nitrogen and oxygen atoms in total. The lowest BCUT2D eigenvalue weighted by molar-refractivity contribution is 0.0486. The lowest BCUT2D eigenvalue weighted by atomic mass is 10.0. The first kappa shape index (κ1) is 23.5. The summed E-state index contributed by atoms with van der Waals surface area (Å²) < 4.78 is 5.38. The van der Waals surface area contributed by atoms with E-state index in [1.165, 1.54) is 0 Å². The Morgan fingerprint density at radius 3 is 2.41 bits per heavy atom. The molecule has 1 rings (SSSR count). The number of hydrogen-bond acceptors (Lipinski definition) is 4. The Bertz CT molecular complexity index is 496. The number of aliphatic imine (C=N–C) groups is 1. The van der Waals surface area contributed by atoms with Gasteiger partial charge in [-0.25, -0.2) is 4.79 Å². The Hall–Kier alpha value is -1.50. The summed E-state index contributed by atoms with van der Waals surface area (Å²) in [6, 6.07) is 0.0254. The van der Waals surface area contributed by atoms with E-state index in [9.17, 15) is 9.90 Å². The number of rotatable bonds is 9. The van der Waals surface area contributed by atoms with Crippen LogP contribution in [0.5, 0.6) is 0 Å². The van der Waals surface area contributed by atoms with Crippen LogP contribution < -0.4 is 10.6 Å². The van der Waals surface area contributed by atoms with Crippen molar-refractivity contribution in [3.63, 3.8) is 0 Å². The Kier molecular flexibility index (Phi) is 8.85. The zero-order valence-electron chi connectivity index (χ0n) is 18.3. The van der Waals surface area contributed by atoms with Crippen LogP contribution in [0, 0.1) is 11.3 Å². The topological polar surface area (TPSA) is 86.2 Å². The number of alkyl carbamates (subject to hydrolysis) is 1. The first-order valence-electron chi connectivity index (χ1n) is 10.1. The van der Waals surface area contributed by atoms with Gasteiger partial charge in [0.05, 0.1) is 13.2 Å². The average molecular weight is 385 g/mol. The fraction of sp³-hybridized carbons (Fsp3) is 0.900. The third-order valence-corrected chi connectivity index (χ3v) is 4.84. The fourth-order valence-electron chi connectivity index (χ4n) is 2.73. The second-order valence-corrected chi connectivity index (χ2v) is 9.04. The molecule has 1 saturated carbocycles. The molecule has 0 heterocycles. The van der Waals surface area contributed by atoms with Gasteiger partial charge in [0.25, 0.3) is 0 Å². The third kappa shape index (κ3) is 8.82. The van der Waals surface area contributed by atoms with E-state index in [0.717, 1.165) is 38.3 Å². The van der Waals surface area contributed by atoms with Crippen molar-refractivity contribution >= 4 is 12.1 Å². The van der Waals surface area contributed by atoms with Gasteiger partial charge >= 0.3 is 6.09 Å². The summed E-state index contributed by atoms with van der Waals surface area (Å²) in [5.41, 5.74) is -0.501. The number of carbonyl (C=O) groups excluding carboxylic acids is 1. The zero-order valence-corrected chi connectivity index (χ0v) is 18.3. The smallest absolute Gasteiger partial charge is 0.407 e. The first-order valence-corrected chi connectivity index (χ1v) is 10.1. The molecule has 1 amide bonds. The second-order valence-electron chi connectivity index (χ2n) is 9.04. The van der Waals surface area contributed by atoms with E-state index >= 15 is 0 Å². The molecule has 1 fully saturated rings. The fourth-order valence-corrected chi connectivity index (χ4v) is 2.73. The molecule has 1 atom stereocenters. The van der Waals surface area contributed by atoms with E-state index in [2.05, 4.69) is 29.4 Å². The van der Waals surface area contributed by atoms with Gasteiger partial charge in [-0.1, -0.05) is 13.8 Å². The van der Waals surface area contributed by atoms with E-state index in [0.29, 0.717) is 12.5 Å². The summed E-state index contributed by atoms with van der Waals surface area (Å²) >= 11 is 0. The first-order chi connectivity index (χ1) is 12.5. The Morgan fingerprint density at radius 1 is 1.33 bits per heavy atom. The maximum atomic E-state index is 12.1. The number of ether oxygens (including phenoxy) is 1. The standard InChI is InChI=1S/C20H40N4O3/c1-8-21-17(22-13-20(14-25)10-11-20)24(7)12-9-16(15(2)3)23-18(26)27-19(4,5)6/h15-16,25H,8-14H2,1-7H3,(H,21,22)(H,23,26). The molecule has 0 radical (unpaired) electrons. The van der Waals surface area contributed by atoms with Gasteiger partial charge in [-0.2, -0.15) is 0 Å². The van der Waals surface area contributed by atoms with Gasteiger partial charge in [0, 0.05) is 31.6 Å². The molecule has 0 aromatic carbocycles. The second kappa shape index (κ2) is 10.2.